The highest BCUT2D eigenvalue weighted by atomic mass is 32.2. The van der Waals surface area contributed by atoms with Crippen molar-refractivity contribution in [3.63, 3.8) is 0 Å². The molecule has 2 aromatic rings. The van der Waals surface area contributed by atoms with Crippen molar-refractivity contribution in [1.29, 1.82) is 0 Å². The number of rotatable bonds is 5. The lowest BCUT2D eigenvalue weighted by atomic mass is 10.1. The molecule has 0 atom stereocenters. The zero-order valence-corrected chi connectivity index (χ0v) is 15.0. The Balaban J connectivity index is 1.51. The molecule has 0 bridgehead atoms. The van der Waals surface area contributed by atoms with Crippen molar-refractivity contribution in [1.82, 2.24) is 10.3 Å². The van der Waals surface area contributed by atoms with Crippen LogP contribution in [0, 0.1) is 6.92 Å². The maximum atomic E-state index is 12.5. The van der Waals surface area contributed by atoms with Gasteiger partial charge in [0.25, 0.3) is 0 Å². The molecule has 1 aliphatic rings. The first-order valence-corrected chi connectivity index (χ1v) is 9.33. The fourth-order valence-corrected chi connectivity index (χ4v) is 3.69. The number of thioether (sulfide) groups is 1. The summed E-state index contributed by atoms with van der Waals surface area (Å²) in [6.07, 6.45) is 2.14. The lowest BCUT2D eigenvalue weighted by Gasteiger charge is -2.28. The Bertz CT molecular complexity index is 779. The fourth-order valence-electron chi connectivity index (χ4n) is 2.76. The van der Waals surface area contributed by atoms with Crippen LogP contribution in [0.4, 0.5) is 5.69 Å². The van der Waals surface area contributed by atoms with E-state index in [1.165, 1.54) is 0 Å². The van der Waals surface area contributed by atoms with E-state index in [1.54, 1.807) is 22.9 Å². The topological polar surface area (TPSA) is 62.3 Å². The summed E-state index contributed by atoms with van der Waals surface area (Å²) in [6, 6.07) is 11.7. The Hall–Kier alpha value is -2.34. The molecule has 0 saturated carbocycles. The molecule has 1 aliphatic heterocycles. The second-order valence-electron chi connectivity index (χ2n) is 5.92. The quantitative estimate of drug-likeness (QED) is 0.896. The Labute approximate surface area is 151 Å². The van der Waals surface area contributed by atoms with Crippen LogP contribution in [0.5, 0.6) is 0 Å². The normalized spacial score (nSPS) is 13.2. The number of amides is 2. The van der Waals surface area contributed by atoms with E-state index in [0.717, 1.165) is 27.6 Å². The van der Waals surface area contributed by atoms with Gasteiger partial charge in [0.1, 0.15) is 5.03 Å². The monoisotopic (exact) mass is 355 g/mol. The summed E-state index contributed by atoms with van der Waals surface area (Å²) in [4.78, 5) is 30.6. The van der Waals surface area contributed by atoms with Gasteiger partial charge in [0.15, 0.2) is 0 Å². The van der Waals surface area contributed by atoms with E-state index in [1.807, 2.05) is 43.3 Å². The Morgan fingerprint density at radius 2 is 2.04 bits per heavy atom. The summed E-state index contributed by atoms with van der Waals surface area (Å²) in [5.74, 6) is 0.699. The number of benzene rings is 1. The zero-order chi connectivity index (χ0) is 17.6. The number of hydrogen-bond donors (Lipinski definition) is 1. The number of fused-ring (bicyclic) bond motifs is 1. The van der Waals surface area contributed by atoms with Gasteiger partial charge in [-0.25, -0.2) is 4.98 Å². The molecule has 0 radical (unpaired) electrons. The number of pyridine rings is 1. The van der Waals surface area contributed by atoms with Gasteiger partial charge in [0, 0.05) is 37.9 Å². The van der Waals surface area contributed by atoms with Crippen molar-refractivity contribution in [2.75, 3.05) is 17.2 Å². The van der Waals surface area contributed by atoms with Crippen molar-refractivity contribution in [3.05, 3.63) is 53.7 Å². The minimum Gasteiger partial charge on any atom is -0.352 e. The number of aryl methyl sites for hydroxylation is 1. The largest absolute Gasteiger partial charge is 0.352 e. The van der Waals surface area contributed by atoms with Crippen LogP contribution in [-0.2, 0) is 16.1 Å². The number of carbonyl (C=O) groups is 2. The van der Waals surface area contributed by atoms with E-state index >= 15 is 0 Å². The van der Waals surface area contributed by atoms with E-state index in [2.05, 4.69) is 10.3 Å². The minimum absolute atomic E-state index is 0.0272. The zero-order valence-electron chi connectivity index (χ0n) is 14.2. The second-order valence-corrected chi connectivity index (χ2v) is 7.01. The molecule has 5 nitrogen and oxygen atoms in total. The van der Waals surface area contributed by atoms with Crippen LogP contribution >= 0.6 is 11.8 Å². The predicted octanol–water partition coefficient (Wildman–Crippen LogP) is 2.93. The third-order valence-corrected chi connectivity index (χ3v) is 5.17. The van der Waals surface area contributed by atoms with Crippen LogP contribution in [0.3, 0.4) is 0 Å². The van der Waals surface area contributed by atoms with Gasteiger partial charge in [-0.3, -0.25) is 9.59 Å². The lowest BCUT2D eigenvalue weighted by molar-refractivity contribution is -0.125. The first-order chi connectivity index (χ1) is 12.1. The number of nitrogens with zero attached hydrogens (tertiary/aromatic N) is 2. The van der Waals surface area contributed by atoms with Crippen LogP contribution in [0.25, 0.3) is 0 Å². The van der Waals surface area contributed by atoms with E-state index in [4.69, 9.17) is 0 Å². The molecule has 3 rings (SSSR count). The molecule has 0 saturated heterocycles. The molecule has 0 unspecified atom stereocenters. The molecule has 0 aliphatic carbocycles. The van der Waals surface area contributed by atoms with Gasteiger partial charge in [-0.2, -0.15) is 0 Å². The van der Waals surface area contributed by atoms with Gasteiger partial charge in [-0.1, -0.05) is 24.3 Å². The number of hydrogen-bond acceptors (Lipinski definition) is 4. The standard InChI is InChI=1S/C19H21N3O2S/c1-14-5-2-3-6-15(14)13-21-17(23)8-9-18(24)22-11-12-25-19-16(22)7-4-10-20-19/h2-7,10H,8-9,11-13H2,1H3,(H,21,23). The maximum Gasteiger partial charge on any atom is 0.227 e. The van der Waals surface area contributed by atoms with Crippen molar-refractivity contribution < 1.29 is 9.59 Å². The third kappa shape index (κ3) is 4.39. The van der Waals surface area contributed by atoms with E-state index in [0.29, 0.717) is 13.1 Å². The number of nitrogens with one attached hydrogen (secondary N) is 1. The molecule has 2 amide bonds. The van der Waals surface area contributed by atoms with Crippen LogP contribution < -0.4 is 10.2 Å². The molecule has 0 spiro atoms. The Morgan fingerprint density at radius 1 is 1.20 bits per heavy atom. The summed E-state index contributed by atoms with van der Waals surface area (Å²) in [5, 5.41) is 3.77. The first kappa shape index (κ1) is 17.5. The second kappa shape index (κ2) is 8.16. The highest BCUT2D eigenvalue weighted by molar-refractivity contribution is 7.99. The van der Waals surface area contributed by atoms with Gasteiger partial charge in [-0.15, -0.1) is 11.8 Å². The van der Waals surface area contributed by atoms with Crippen LogP contribution in [0.15, 0.2) is 47.6 Å². The molecular formula is C19H21N3O2S. The van der Waals surface area contributed by atoms with E-state index in [9.17, 15) is 9.59 Å². The summed E-state index contributed by atoms with van der Waals surface area (Å²) < 4.78 is 0. The van der Waals surface area contributed by atoms with Gasteiger partial charge in [-0.05, 0) is 30.2 Å². The Morgan fingerprint density at radius 3 is 2.88 bits per heavy atom. The fraction of sp³-hybridized carbons (Fsp3) is 0.316. The summed E-state index contributed by atoms with van der Waals surface area (Å²) in [5.41, 5.74) is 3.09. The van der Waals surface area contributed by atoms with Gasteiger partial charge >= 0.3 is 0 Å². The summed E-state index contributed by atoms with van der Waals surface area (Å²) in [6.45, 7) is 3.17. The minimum atomic E-state index is -0.102. The molecule has 1 aromatic heterocycles. The van der Waals surface area contributed by atoms with Crippen LogP contribution in [0.2, 0.25) is 0 Å². The molecule has 25 heavy (non-hydrogen) atoms. The lowest BCUT2D eigenvalue weighted by Crippen LogP contribution is -2.36. The van der Waals surface area contributed by atoms with Crippen LogP contribution in [0.1, 0.15) is 24.0 Å². The van der Waals surface area contributed by atoms with E-state index in [-0.39, 0.29) is 24.7 Å². The average molecular weight is 355 g/mol. The SMILES string of the molecule is Cc1ccccc1CNC(=O)CCC(=O)N1CCSc2ncccc21. The molecule has 2 heterocycles. The molecule has 1 aromatic carbocycles. The molecule has 1 N–H and O–H groups in total. The number of anilines is 1. The summed E-state index contributed by atoms with van der Waals surface area (Å²) in [7, 11) is 0. The smallest absolute Gasteiger partial charge is 0.227 e. The van der Waals surface area contributed by atoms with Gasteiger partial charge in [0.2, 0.25) is 11.8 Å². The van der Waals surface area contributed by atoms with Gasteiger partial charge < -0.3 is 10.2 Å². The molecule has 6 heteroatoms. The highest BCUT2D eigenvalue weighted by Gasteiger charge is 2.23. The van der Waals surface area contributed by atoms with Crippen LogP contribution in [-0.4, -0.2) is 29.1 Å². The molecular weight excluding hydrogens is 334 g/mol. The number of aromatic nitrogens is 1. The van der Waals surface area contributed by atoms with E-state index < -0.39 is 0 Å². The first-order valence-electron chi connectivity index (χ1n) is 8.34. The Kier molecular flexibility index (Phi) is 5.71. The predicted molar refractivity (Wildman–Crippen MR) is 99.6 cm³/mol. The molecule has 130 valence electrons. The third-order valence-electron chi connectivity index (χ3n) is 4.20. The van der Waals surface area contributed by atoms with Crippen molar-refractivity contribution in [2.45, 2.75) is 31.3 Å². The van der Waals surface area contributed by atoms with Gasteiger partial charge in [0.05, 0.1) is 5.69 Å². The van der Waals surface area contributed by atoms with Crippen molar-refractivity contribution >= 4 is 29.3 Å². The number of carbonyl (C=O) groups excluding carboxylic acids is 2. The molecule has 0 fully saturated rings. The maximum absolute atomic E-state index is 12.5. The van der Waals surface area contributed by atoms with Crippen molar-refractivity contribution in [3.8, 4) is 0 Å². The average Bonchev–Trinajstić information content (AvgIpc) is 2.65. The summed E-state index contributed by atoms with van der Waals surface area (Å²) >= 11 is 1.66. The highest BCUT2D eigenvalue weighted by Crippen LogP contribution is 2.32. The van der Waals surface area contributed by atoms with Crippen molar-refractivity contribution in [2.24, 2.45) is 0 Å².